The lowest BCUT2D eigenvalue weighted by atomic mass is 10.1. The molecule has 0 atom stereocenters. The Labute approximate surface area is 154 Å². The van der Waals surface area contributed by atoms with Crippen molar-refractivity contribution in [1.82, 2.24) is 4.90 Å². The van der Waals surface area contributed by atoms with Crippen molar-refractivity contribution in [1.29, 1.82) is 0 Å². The van der Waals surface area contributed by atoms with Gasteiger partial charge in [0.1, 0.15) is 0 Å². The quantitative estimate of drug-likeness (QED) is 0.792. The first-order valence-electron chi connectivity index (χ1n) is 7.60. The van der Waals surface area contributed by atoms with Crippen LogP contribution in [0.25, 0.3) is 0 Å². The van der Waals surface area contributed by atoms with Crippen LogP contribution in [0.2, 0.25) is 5.02 Å². The smallest absolute Gasteiger partial charge is 0.328 e. The van der Waals surface area contributed by atoms with Crippen molar-refractivity contribution in [2.75, 3.05) is 6.54 Å². The molecule has 5 nitrogen and oxygen atoms in total. The Morgan fingerprint density at radius 2 is 1.84 bits per heavy atom. The fourth-order valence-electron chi connectivity index (χ4n) is 2.45. The van der Waals surface area contributed by atoms with Crippen molar-refractivity contribution in [2.45, 2.75) is 19.5 Å². The number of fused-ring (bicyclic) bond motifs is 1. The summed E-state index contributed by atoms with van der Waals surface area (Å²) in [6.07, 6.45) is 2.29. The maximum absolute atomic E-state index is 9.55. The highest BCUT2D eigenvalue weighted by Crippen LogP contribution is 2.26. The van der Waals surface area contributed by atoms with Gasteiger partial charge < -0.3 is 10.2 Å². The Morgan fingerprint density at radius 1 is 1.16 bits per heavy atom. The maximum Gasteiger partial charge on any atom is 0.328 e. The van der Waals surface area contributed by atoms with E-state index in [4.69, 9.17) is 21.8 Å². The lowest BCUT2D eigenvalue weighted by Gasteiger charge is -2.27. The van der Waals surface area contributed by atoms with Gasteiger partial charge in [0, 0.05) is 41.7 Å². The van der Waals surface area contributed by atoms with E-state index >= 15 is 0 Å². The molecule has 1 aliphatic heterocycles. The van der Waals surface area contributed by atoms with Crippen LogP contribution in [0.1, 0.15) is 16.0 Å². The predicted octanol–water partition coefficient (Wildman–Crippen LogP) is 3.67. The second kappa shape index (κ2) is 9.36. The number of aliphatic carboxylic acids is 2. The van der Waals surface area contributed by atoms with Gasteiger partial charge in [-0.2, -0.15) is 0 Å². The first-order valence-corrected chi connectivity index (χ1v) is 8.86. The third-order valence-corrected chi connectivity index (χ3v) is 5.00. The summed E-state index contributed by atoms with van der Waals surface area (Å²) in [7, 11) is 0. The Kier molecular flexibility index (Phi) is 7.18. The first kappa shape index (κ1) is 19.2. The van der Waals surface area contributed by atoms with Gasteiger partial charge in [-0.1, -0.05) is 29.8 Å². The molecule has 0 saturated carbocycles. The Morgan fingerprint density at radius 3 is 2.48 bits per heavy atom. The zero-order chi connectivity index (χ0) is 18.2. The number of carboxylic acid groups (broad SMARTS) is 2. The molecule has 132 valence electrons. The van der Waals surface area contributed by atoms with Crippen LogP contribution in [0.5, 0.6) is 0 Å². The lowest BCUT2D eigenvalue weighted by Crippen LogP contribution is -2.29. The van der Waals surface area contributed by atoms with Gasteiger partial charge >= 0.3 is 11.9 Å². The molecule has 0 aliphatic carbocycles. The average molecular weight is 380 g/mol. The molecule has 0 bridgehead atoms. The summed E-state index contributed by atoms with van der Waals surface area (Å²) >= 11 is 8.08. The summed E-state index contributed by atoms with van der Waals surface area (Å²) in [5.74, 6) is -2.51. The van der Waals surface area contributed by atoms with Gasteiger partial charge in [0.15, 0.2) is 0 Å². The molecule has 2 N–H and O–H groups in total. The molecule has 7 heteroatoms. The molecule has 0 radical (unpaired) electrons. The fourth-order valence-corrected chi connectivity index (χ4v) is 3.54. The van der Waals surface area contributed by atoms with E-state index < -0.39 is 11.9 Å². The molecule has 0 fully saturated rings. The molecule has 2 aromatic rings. The minimum Gasteiger partial charge on any atom is -0.478 e. The van der Waals surface area contributed by atoms with Gasteiger partial charge in [-0.15, -0.1) is 11.3 Å². The van der Waals surface area contributed by atoms with Crippen LogP contribution in [0.4, 0.5) is 0 Å². The van der Waals surface area contributed by atoms with E-state index in [2.05, 4.69) is 28.5 Å². The highest BCUT2D eigenvalue weighted by atomic mass is 35.5. The third kappa shape index (κ3) is 6.34. The molecule has 25 heavy (non-hydrogen) atoms. The average Bonchev–Trinajstić information content (AvgIpc) is 3.03. The Hall–Kier alpha value is -2.15. The Bertz CT molecular complexity index is 756. The second-order valence-electron chi connectivity index (χ2n) is 5.43. The molecular formula is C18H18ClNO4S. The number of carbonyl (C=O) groups is 2. The van der Waals surface area contributed by atoms with E-state index in [-0.39, 0.29) is 0 Å². The van der Waals surface area contributed by atoms with Crippen LogP contribution < -0.4 is 0 Å². The number of rotatable bonds is 4. The van der Waals surface area contributed by atoms with E-state index in [9.17, 15) is 9.59 Å². The van der Waals surface area contributed by atoms with Crippen molar-refractivity contribution >= 4 is 34.9 Å². The van der Waals surface area contributed by atoms with E-state index in [1.54, 1.807) is 4.88 Å². The van der Waals surface area contributed by atoms with E-state index in [0.717, 1.165) is 24.7 Å². The summed E-state index contributed by atoms with van der Waals surface area (Å²) < 4.78 is 0. The molecule has 1 aliphatic rings. The molecular weight excluding hydrogens is 362 g/mol. The van der Waals surface area contributed by atoms with E-state index in [0.29, 0.717) is 12.2 Å². The van der Waals surface area contributed by atoms with Crippen LogP contribution >= 0.6 is 22.9 Å². The standard InChI is InChI=1S/C14H14ClNS.C4H4O4/c15-13-4-2-1-3-11(13)9-16-7-5-14-12(10-16)6-8-17-14;5-3(6)1-2-4(7)8/h1-4,6,8H,5,7,9-10H2;1-2H,(H,5,6)(H,7,8)/b;2-1-. The minimum absolute atomic E-state index is 0.558. The number of hydrogen-bond acceptors (Lipinski definition) is 4. The van der Waals surface area contributed by atoms with Crippen LogP contribution in [-0.2, 0) is 29.1 Å². The number of nitrogens with zero attached hydrogens (tertiary/aromatic N) is 1. The molecule has 1 aromatic heterocycles. The zero-order valence-corrected chi connectivity index (χ0v) is 15.0. The summed E-state index contributed by atoms with van der Waals surface area (Å²) in [4.78, 5) is 23.1. The maximum atomic E-state index is 9.55. The number of halogens is 1. The lowest BCUT2D eigenvalue weighted by molar-refractivity contribution is -0.134. The molecule has 0 saturated heterocycles. The normalized spacial score (nSPS) is 13.8. The number of carboxylic acids is 2. The topological polar surface area (TPSA) is 77.8 Å². The molecule has 0 amide bonds. The fraction of sp³-hybridized carbons (Fsp3) is 0.222. The highest BCUT2D eigenvalue weighted by Gasteiger charge is 2.17. The summed E-state index contributed by atoms with van der Waals surface area (Å²) in [5.41, 5.74) is 2.72. The minimum atomic E-state index is -1.26. The van der Waals surface area contributed by atoms with Crippen molar-refractivity contribution < 1.29 is 19.8 Å². The molecule has 2 heterocycles. The van der Waals surface area contributed by atoms with Crippen molar-refractivity contribution in [3.63, 3.8) is 0 Å². The van der Waals surface area contributed by atoms with Gasteiger partial charge in [0.05, 0.1) is 0 Å². The monoisotopic (exact) mass is 379 g/mol. The summed E-state index contributed by atoms with van der Waals surface area (Å²) in [6.45, 7) is 3.15. The van der Waals surface area contributed by atoms with E-state index in [1.807, 2.05) is 23.5 Å². The van der Waals surface area contributed by atoms with E-state index in [1.165, 1.54) is 17.5 Å². The molecule has 0 unspecified atom stereocenters. The van der Waals surface area contributed by atoms with Crippen molar-refractivity contribution in [3.8, 4) is 0 Å². The summed E-state index contributed by atoms with van der Waals surface area (Å²) in [6, 6.07) is 10.4. The van der Waals surface area contributed by atoms with Gasteiger partial charge in [-0.3, -0.25) is 4.90 Å². The van der Waals surface area contributed by atoms with Crippen LogP contribution in [0, 0.1) is 0 Å². The number of hydrogen-bond donors (Lipinski definition) is 2. The van der Waals surface area contributed by atoms with Crippen molar-refractivity contribution in [3.05, 3.63) is 68.9 Å². The second-order valence-corrected chi connectivity index (χ2v) is 6.84. The largest absolute Gasteiger partial charge is 0.478 e. The molecule has 3 rings (SSSR count). The van der Waals surface area contributed by atoms with Crippen LogP contribution in [0.15, 0.2) is 47.9 Å². The zero-order valence-electron chi connectivity index (χ0n) is 13.4. The SMILES string of the molecule is Clc1ccccc1CN1CCc2sccc2C1.O=C(O)/C=C\C(=O)O. The van der Waals surface area contributed by atoms with Gasteiger partial charge in [0.25, 0.3) is 0 Å². The number of thiophene rings is 1. The van der Waals surface area contributed by atoms with Gasteiger partial charge in [-0.05, 0) is 35.1 Å². The Balaban J connectivity index is 0.000000242. The van der Waals surface area contributed by atoms with Crippen LogP contribution in [0.3, 0.4) is 0 Å². The molecule has 0 spiro atoms. The van der Waals surface area contributed by atoms with Crippen LogP contribution in [-0.4, -0.2) is 33.6 Å². The predicted molar refractivity (Wildman–Crippen MR) is 98.0 cm³/mol. The molecule has 1 aromatic carbocycles. The highest BCUT2D eigenvalue weighted by molar-refractivity contribution is 7.10. The van der Waals surface area contributed by atoms with Crippen molar-refractivity contribution in [2.24, 2.45) is 0 Å². The van der Waals surface area contributed by atoms with Gasteiger partial charge in [0.2, 0.25) is 0 Å². The van der Waals surface area contributed by atoms with Gasteiger partial charge in [-0.25, -0.2) is 9.59 Å². The first-order chi connectivity index (χ1) is 12.0. The third-order valence-electron chi connectivity index (χ3n) is 3.61. The summed E-state index contributed by atoms with van der Waals surface area (Å²) in [5, 5.41) is 18.7. The number of benzene rings is 1.